The van der Waals surface area contributed by atoms with Crippen LogP contribution in [0.1, 0.15) is 31.8 Å². The summed E-state index contributed by atoms with van der Waals surface area (Å²) in [5.41, 5.74) is 13.4. The van der Waals surface area contributed by atoms with E-state index in [-0.39, 0.29) is 5.91 Å². The van der Waals surface area contributed by atoms with Crippen molar-refractivity contribution in [2.24, 2.45) is 5.73 Å². The van der Waals surface area contributed by atoms with Crippen LogP contribution >= 0.6 is 0 Å². The van der Waals surface area contributed by atoms with Gasteiger partial charge in [-0.2, -0.15) is 0 Å². The van der Waals surface area contributed by atoms with E-state index in [1.807, 2.05) is 67.6 Å². The molecule has 41 heavy (non-hydrogen) atoms. The standard InChI is InChI=1S/C34H27FN4O2/c1-20-25(8-5-9-29(20)39-34(41)22-10-12-23(35)13-11-22)26-16-17-28(33(36)40)32-31(26)27-15-14-24(18-30(27)38-32)37-19-21-6-3-2-4-7-21/h2-18,37-38H,19H2,1H3,(H2,36,40)(H,39,41). The average molecular weight is 543 g/mol. The van der Waals surface area contributed by atoms with Gasteiger partial charge in [0.2, 0.25) is 0 Å². The zero-order chi connectivity index (χ0) is 28.5. The molecule has 0 fully saturated rings. The molecule has 0 saturated carbocycles. The number of primary amides is 1. The summed E-state index contributed by atoms with van der Waals surface area (Å²) in [7, 11) is 0. The van der Waals surface area contributed by atoms with E-state index in [1.165, 1.54) is 29.8 Å². The van der Waals surface area contributed by atoms with Crippen LogP contribution in [0.2, 0.25) is 0 Å². The number of aromatic amines is 1. The number of fused-ring (bicyclic) bond motifs is 3. The van der Waals surface area contributed by atoms with Crippen LogP contribution in [-0.2, 0) is 6.54 Å². The summed E-state index contributed by atoms with van der Waals surface area (Å²) in [5, 5.41) is 8.23. The van der Waals surface area contributed by atoms with Crippen LogP contribution in [0, 0.1) is 12.7 Å². The Labute approximate surface area is 236 Å². The van der Waals surface area contributed by atoms with Crippen LogP contribution in [0.5, 0.6) is 0 Å². The first kappa shape index (κ1) is 25.8. The van der Waals surface area contributed by atoms with Crippen LogP contribution in [0.25, 0.3) is 32.9 Å². The third-order valence-electron chi connectivity index (χ3n) is 7.34. The van der Waals surface area contributed by atoms with Gasteiger partial charge in [0.1, 0.15) is 5.82 Å². The zero-order valence-electron chi connectivity index (χ0n) is 22.3. The third kappa shape index (κ3) is 5.01. The summed E-state index contributed by atoms with van der Waals surface area (Å²) in [6, 6.07) is 30.9. The molecule has 0 aliphatic carbocycles. The summed E-state index contributed by atoms with van der Waals surface area (Å²) in [6.07, 6.45) is 0. The number of rotatable bonds is 7. The van der Waals surface area contributed by atoms with E-state index in [4.69, 9.17) is 5.73 Å². The van der Waals surface area contributed by atoms with Crippen LogP contribution in [-0.4, -0.2) is 16.8 Å². The quantitative estimate of drug-likeness (QED) is 0.169. The molecule has 0 atom stereocenters. The molecule has 1 aromatic heterocycles. The van der Waals surface area contributed by atoms with E-state index < -0.39 is 11.7 Å². The van der Waals surface area contributed by atoms with Gasteiger partial charge >= 0.3 is 0 Å². The highest BCUT2D eigenvalue weighted by Crippen LogP contribution is 2.39. The molecular formula is C34H27FN4O2. The highest BCUT2D eigenvalue weighted by molar-refractivity contribution is 6.20. The molecule has 7 heteroatoms. The number of benzene rings is 5. The molecule has 6 nitrogen and oxygen atoms in total. The molecule has 0 radical (unpaired) electrons. The van der Waals surface area contributed by atoms with Gasteiger partial charge < -0.3 is 21.4 Å². The minimum absolute atomic E-state index is 0.331. The molecule has 6 rings (SSSR count). The minimum atomic E-state index is -0.521. The molecule has 202 valence electrons. The van der Waals surface area contributed by atoms with Gasteiger partial charge in [0.05, 0.1) is 11.1 Å². The topological polar surface area (TPSA) is 100 Å². The molecule has 2 amide bonds. The number of hydrogen-bond acceptors (Lipinski definition) is 3. The van der Waals surface area contributed by atoms with Gasteiger partial charge in [-0.25, -0.2) is 4.39 Å². The van der Waals surface area contributed by atoms with Gasteiger partial charge in [-0.1, -0.05) is 54.6 Å². The Balaban J connectivity index is 1.41. The number of H-pyrrole nitrogens is 1. The number of amides is 2. The molecule has 0 bridgehead atoms. The smallest absolute Gasteiger partial charge is 0.255 e. The fourth-order valence-electron chi connectivity index (χ4n) is 5.21. The first-order valence-corrected chi connectivity index (χ1v) is 13.2. The maximum absolute atomic E-state index is 13.3. The van der Waals surface area contributed by atoms with Crippen LogP contribution in [0.3, 0.4) is 0 Å². The van der Waals surface area contributed by atoms with Gasteiger partial charge in [-0.15, -0.1) is 0 Å². The largest absolute Gasteiger partial charge is 0.381 e. The Kier molecular flexibility index (Phi) is 6.69. The summed E-state index contributed by atoms with van der Waals surface area (Å²) >= 11 is 0. The van der Waals surface area contributed by atoms with Gasteiger partial charge in [0.25, 0.3) is 11.8 Å². The third-order valence-corrected chi connectivity index (χ3v) is 7.34. The molecule has 0 unspecified atom stereocenters. The van der Waals surface area contributed by atoms with E-state index in [0.717, 1.165) is 38.7 Å². The van der Waals surface area contributed by atoms with Gasteiger partial charge in [0.15, 0.2) is 0 Å². The second-order valence-electron chi connectivity index (χ2n) is 9.94. The number of carbonyl (C=O) groups excluding carboxylic acids is 2. The SMILES string of the molecule is Cc1c(NC(=O)c2ccc(F)cc2)cccc1-c1ccc(C(N)=O)c2[nH]c3cc(NCc4ccccc4)ccc3c12. The van der Waals surface area contributed by atoms with Crippen molar-refractivity contribution in [1.82, 2.24) is 4.98 Å². The lowest BCUT2D eigenvalue weighted by molar-refractivity contribution is 0.0999. The van der Waals surface area contributed by atoms with Crippen molar-refractivity contribution in [3.8, 4) is 11.1 Å². The average Bonchev–Trinajstić information content (AvgIpc) is 3.36. The maximum Gasteiger partial charge on any atom is 0.255 e. The Hall–Kier alpha value is -5.43. The molecule has 0 saturated heterocycles. The second kappa shape index (κ2) is 10.6. The van der Waals surface area contributed by atoms with Crippen molar-refractivity contribution >= 4 is 45.0 Å². The van der Waals surface area contributed by atoms with Crippen molar-refractivity contribution in [3.63, 3.8) is 0 Å². The molecule has 0 aliphatic heterocycles. The number of nitrogens with two attached hydrogens (primary N) is 1. The van der Waals surface area contributed by atoms with Gasteiger partial charge in [-0.3, -0.25) is 9.59 Å². The molecule has 1 heterocycles. The molecule has 0 spiro atoms. The molecule has 6 aromatic rings. The monoisotopic (exact) mass is 542 g/mol. The van der Waals surface area contributed by atoms with Crippen molar-refractivity contribution in [2.75, 3.05) is 10.6 Å². The van der Waals surface area contributed by atoms with Crippen LogP contribution in [0.15, 0.2) is 103 Å². The molecule has 5 N–H and O–H groups in total. The lowest BCUT2D eigenvalue weighted by Gasteiger charge is -2.15. The Bertz CT molecular complexity index is 1930. The fraction of sp³-hybridized carbons (Fsp3) is 0.0588. The normalized spacial score (nSPS) is 11.1. The first-order valence-electron chi connectivity index (χ1n) is 13.2. The van der Waals surface area contributed by atoms with Crippen molar-refractivity contribution in [1.29, 1.82) is 0 Å². The van der Waals surface area contributed by atoms with E-state index in [1.54, 1.807) is 6.07 Å². The molecule has 5 aromatic carbocycles. The first-order chi connectivity index (χ1) is 19.9. The Morgan fingerprint density at radius 3 is 2.39 bits per heavy atom. The number of hydrogen-bond donors (Lipinski definition) is 4. The predicted molar refractivity (Wildman–Crippen MR) is 163 cm³/mol. The van der Waals surface area contributed by atoms with Crippen LogP contribution < -0.4 is 16.4 Å². The Morgan fingerprint density at radius 1 is 0.854 bits per heavy atom. The minimum Gasteiger partial charge on any atom is -0.381 e. The predicted octanol–water partition coefficient (Wildman–Crippen LogP) is 7.40. The number of halogens is 1. The number of anilines is 2. The summed E-state index contributed by atoms with van der Waals surface area (Å²) in [5.74, 6) is -1.25. The lowest BCUT2D eigenvalue weighted by atomic mass is 9.93. The van der Waals surface area contributed by atoms with Crippen LogP contribution in [0.4, 0.5) is 15.8 Å². The van der Waals surface area contributed by atoms with Crippen molar-refractivity contribution in [2.45, 2.75) is 13.5 Å². The van der Waals surface area contributed by atoms with E-state index in [9.17, 15) is 14.0 Å². The highest BCUT2D eigenvalue weighted by Gasteiger charge is 2.19. The summed E-state index contributed by atoms with van der Waals surface area (Å²) in [4.78, 5) is 28.7. The fourth-order valence-corrected chi connectivity index (χ4v) is 5.21. The van der Waals surface area contributed by atoms with Gasteiger partial charge in [-0.05, 0) is 77.7 Å². The lowest BCUT2D eigenvalue weighted by Crippen LogP contribution is -2.13. The second-order valence-corrected chi connectivity index (χ2v) is 9.94. The zero-order valence-corrected chi connectivity index (χ0v) is 22.3. The Morgan fingerprint density at radius 2 is 1.63 bits per heavy atom. The maximum atomic E-state index is 13.3. The highest BCUT2D eigenvalue weighted by atomic mass is 19.1. The van der Waals surface area contributed by atoms with E-state index in [2.05, 4.69) is 27.8 Å². The summed E-state index contributed by atoms with van der Waals surface area (Å²) < 4.78 is 13.3. The van der Waals surface area contributed by atoms with Gasteiger partial charge in [0, 0.05) is 39.8 Å². The number of nitrogens with one attached hydrogen (secondary N) is 3. The molecule has 0 aliphatic rings. The number of aromatic nitrogens is 1. The summed E-state index contributed by atoms with van der Waals surface area (Å²) in [6.45, 7) is 2.61. The number of carbonyl (C=O) groups is 2. The van der Waals surface area contributed by atoms with Crippen molar-refractivity contribution < 1.29 is 14.0 Å². The van der Waals surface area contributed by atoms with E-state index in [0.29, 0.717) is 28.9 Å². The van der Waals surface area contributed by atoms with E-state index >= 15 is 0 Å². The molecular weight excluding hydrogens is 515 g/mol. The van der Waals surface area contributed by atoms with Crippen molar-refractivity contribution in [3.05, 3.63) is 131 Å².